The van der Waals surface area contributed by atoms with Crippen molar-refractivity contribution in [1.82, 2.24) is 0 Å². The summed E-state index contributed by atoms with van der Waals surface area (Å²) in [5.41, 5.74) is 0. The Morgan fingerprint density at radius 1 is 0.758 bits per heavy atom. The van der Waals surface area contributed by atoms with E-state index in [2.05, 4.69) is 13.8 Å². The van der Waals surface area contributed by atoms with E-state index < -0.39 is 50.3 Å². The largest absolute Gasteiger partial charge is 0.387 e. The lowest BCUT2D eigenvalue weighted by Gasteiger charge is -2.41. The normalized spacial score (nSPS) is 30.8. The highest BCUT2D eigenvalue weighted by Gasteiger charge is 2.50. The fourth-order valence-corrected chi connectivity index (χ4v) is 5.06. The number of hydrogen-bond donors (Lipinski definition) is 6. The molecule has 10 nitrogen and oxygen atoms in total. The molecule has 1 aliphatic rings. The summed E-state index contributed by atoms with van der Waals surface area (Å²) in [6.45, 7) is 5.62. The zero-order valence-corrected chi connectivity index (χ0v) is 20.9. The Kier molecular flexibility index (Phi) is 15.5. The van der Waals surface area contributed by atoms with E-state index in [9.17, 15) is 35.0 Å². The lowest BCUT2D eigenvalue weighted by molar-refractivity contribution is -0.218. The predicted molar refractivity (Wildman–Crippen MR) is 123 cm³/mol. The average Bonchev–Trinajstić information content (AvgIpc) is 2.79. The van der Waals surface area contributed by atoms with E-state index in [4.69, 9.17) is 14.0 Å². The lowest BCUT2D eigenvalue weighted by atomic mass is 9.85. The molecule has 11 heteroatoms. The Hall–Kier alpha value is -0.130. The number of hydrogen-bond acceptors (Lipinski definition) is 9. The van der Waals surface area contributed by atoms with Gasteiger partial charge in [0.15, 0.2) is 0 Å². The number of unbranched alkanes of at least 4 members (excludes halogenated alkanes) is 6. The van der Waals surface area contributed by atoms with Gasteiger partial charge in [-0.25, -0.2) is 0 Å². The molecule has 8 atom stereocenters. The summed E-state index contributed by atoms with van der Waals surface area (Å²) in [5.74, 6) is 0. The molecule has 0 saturated heterocycles. The molecule has 1 rings (SSSR count). The quantitative estimate of drug-likeness (QED) is 0.119. The third-order valence-corrected chi connectivity index (χ3v) is 7.29. The summed E-state index contributed by atoms with van der Waals surface area (Å²) in [5, 5.41) is 49.3. The first-order valence-corrected chi connectivity index (χ1v) is 14.0. The molecule has 0 aliphatic heterocycles. The minimum absolute atomic E-state index is 0.156. The molecule has 0 amide bonds. The van der Waals surface area contributed by atoms with Crippen LogP contribution < -0.4 is 0 Å². The van der Waals surface area contributed by atoms with Crippen LogP contribution in [0.15, 0.2) is 0 Å². The van der Waals surface area contributed by atoms with E-state index in [0.29, 0.717) is 13.2 Å². The average molecular weight is 501 g/mol. The molecular weight excluding hydrogens is 455 g/mol. The Morgan fingerprint density at radius 3 is 1.82 bits per heavy atom. The van der Waals surface area contributed by atoms with Crippen LogP contribution in [0.3, 0.4) is 0 Å². The zero-order chi connectivity index (χ0) is 24.9. The summed E-state index contributed by atoms with van der Waals surface area (Å²) in [4.78, 5) is 10.3. The molecule has 3 unspecified atom stereocenters. The molecule has 33 heavy (non-hydrogen) atoms. The van der Waals surface area contributed by atoms with E-state index in [1.807, 2.05) is 0 Å². The van der Waals surface area contributed by atoms with Crippen molar-refractivity contribution in [2.45, 2.75) is 114 Å². The van der Waals surface area contributed by atoms with E-state index >= 15 is 0 Å². The van der Waals surface area contributed by atoms with Crippen LogP contribution in [-0.4, -0.2) is 99.1 Å². The van der Waals surface area contributed by atoms with Gasteiger partial charge in [0.2, 0.25) is 0 Å². The molecule has 0 heterocycles. The van der Waals surface area contributed by atoms with Gasteiger partial charge in [-0.05, 0) is 19.3 Å². The molecule has 0 aromatic carbocycles. The number of rotatable bonds is 18. The highest BCUT2D eigenvalue weighted by molar-refractivity contribution is 7.52. The summed E-state index contributed by atoms with van der Waals surface area (Å²) >= 11 is 0. The van der Waals surface area contributed by atoms with Crippen LogP contribution in [0.2, 0.25) is 0 Å². The minimum atomic E-state index is -4.33. The van der Waals surface area contributed by atoms with Crippen LogP contribution in [0.25, 0.3) is 0 Å². The van der Waals surface area contributed by atoms with Gasteiger partial charge in [0.05, 0.1) is 18.9 Å². The van der Waals surface area contributed by atoms with Gasteiger partial charge in [-0.1, -0.05) is 52.4 Å². The molecule has 1 fully saturated rings. The first-order valence-electron chi connectivity index (χ1n) is 12.2. The van der Waals surface area contributed by atoms with E-state index in [-0.39, 0.29) is 19.2 Å². The van der Waals surface area contributed by atoms with Gasteiger partial charge in [0.25, 0.3) is 0 Å². The van der Waals surface area contributed by atoms with E-state index in [1.165, 1.54) is 0 Å². The molecule has 1 aliphatic carbocycles. The van der Waals surface area contributed by atoms with Crippen LogP contribution >= 0.6 is 7.60 Å². The zero-order valence-electron chi connectivity index (χ0n) is 20.0. The third kappa shape index (κ3) is 11.4. The molecule has 0 spiro atoms. The highest BCUT2D eigenvalue weighted by atomic mass is 31.2. The summed E-state index contributed by atoms with van der Waals surface area (Å²) < 4.78 is 29.2. The van der Waals surface area contributed by atoms with Crippen LogP contribution in [-0.2, 0) is 18.6 Å². The monoisotopic (exact) mass is 500 g/mol. The van der Waals surface area contributed by atoms with Gasteiger partial charge >= 0.3 is 7.60 Å². The van der Waals surface area contributed by atoms with Crippen molar-refractivity contribution in [3.63, 3.8) is 0 Å². The fourth-order valence-electron chi connectivity index (χ4n) is 3.71. The molecule has 0 aromatic heterocycles. The molecule has 0 radical (unpaired) electrons. The number of aliphatic hydroxyl groups excluding tert-OH is 5. The molecule has 0 bridgehead atoms. The van der Waals surface area contributed by atoms with Crippen LogP contribution in [0.5, 0.6) is 0 Å². The van der Waals surface area contributed by atoms with E-state index in [0.717, 1.165) is 51.4 Å². The van der Waals surface area contributed by atoms with Crippen molar-refractivity contribution >= 4 is 7.60 Å². The van der Waals surface area contributed by atoms with Crippen molar-refractivity contribution < 1.29 is 49.0 Å². The first kappa shape index (κ1) is 30.9. The van der Waals surface area contributed by atoms with Gasteiger partial charge in [-0.3, -0.25) is 9.09 Å². The Balaban J connectivity index is 2.58. The molecular formula is C22H45O10P. The highest BCUT2D eigenvalue weighted by Crippen LogP contribution is 2.46. The van der Waals surface area contributed by atoms with Gasteiger partial charge in [0.1, 0.15) is 36.6 Å². The maximum Gasteiger partial charge on any atom is 0.328 e. The number of aliphatic hydroxyl groups is 5. The maximum absolute atomic E-state index is 12.6. The van der Waals surface area contributed by atoms with Crippen molar-refractivity contribution in [3.8, 4) is 0 Å². The maximum atomic E-state index is 12.6. The first-order chi connectivity index (χ1) is 15.6. The van der Waals surface area contributed by atoms with Gasteiger partial charge in [-0.15, -0.1) is 0 Å². The van der Waals surface area contributed by atoms with Gasteiger partial charge in [0, 0.05) is 13.2 Å². The predicted octanol–water partition coefficient (Wildman–Crippen LogP) is 1.33. The Morgan fingerprint density at radius 2 is 1.27 bits per heavy atom. The second kappa shape index (κ2) is 16.5. The summed E-state index contributed by atoms with van der Waals surface area (Å²) in [6.07, 6.45) is -3.00. The summed E-state index contributed by atoms with van der Waals surface area (Å²) in [6, 6.07) is 0. The van der Waals surface area contributed by atoms with Crippen LogP contribution in [0.1, 0.15) is 71.6 Å². The third-order valence-electron chi connectivity index (χ3n) is 5.89. The summed E-state index contributed by atoms with van der Waals surface area (Å²) in [7, 11) is -4.33. The Bertz CT molecular complexity index is 535. The van der Waals surface area contributed by atoms with Crippen molar-refractivity contribution in [3.05, 3.63) is 0 Å². The second-order valence-corrected chi connectivity index (χ2v) is 10.8. The fraction of sp³-hybridized carbons (Fsp3) is 1.00. The molecule has 0 aromatic rings. The van der Waals surface area contributed by atoms with Crippen molar-refractivity contribution in [1.29, 1.82) is 0 Å². The lowest BCUT2D eigenvalue weighted by Crippen LogP contribution is -2.64. The van der Waals surface area contributed by atoms with Gasteiger partial charge in [-0.2, -0.15) is 0 Å². The van der Waals surface area contributed by atoms with Crippen LogP contribution in [0.4, 0.5) is 0 Å². The van der Waals surface area contributed by atoms with Gasteiger partial charge < -0.3 is 39.9 Å². The van der Waals surface area contributed by atoms with Crippen LogP contribution in [0, 0.1) is 0 Å². The smallest absolute Gasteiger partial charge is 0.328 e. The topological polar surface area (TPSA) is 166 Å². The molecule has 198 valence electrons. The van der Waals surface area contributed by atoms with Crippen molar-refractivity contribution in [2.75, 3.05) is 26.0 Å². The Labute approximate surface area is 197 Å². The number of ether oxygens (including phenoxy) is 2. The SMILES string of the molecule is CCCCCCOC[C@H](CCP(=O)(O)OC1[C@H](O)[C@H](O)C(O)[C@H](O)[C@H]1O)OCCCCCC. The standard InChI is InChI=1S/C22H45O10P/c1-3-5-7-9-12-30-15-16(31-13-10-8-6-4-2)11-14-33(28,29)32-22-20(26)18(24)17(23)19(25)21(22)27/h16-27H,3-15H2,1-2H3,(H,28,29)/t16-,17?,18-,19+,20+,21+,22?/m0/s1. The molecule has 1 saturated carbocycles. The molecule has 6 N–H and O–H groups in total. The minimum Gasteiger partial charge on any atom is -0.387 e. The van der Waals surface area contributed by atoms with E-state index in [1.54, 1.807) is 0 Å². The van der Waals surface area contributed by atoms with Crippen molar-refractivity contribution in [2.24, 2.45) is 0 Å². The second-order valence-electron chi connectivity index (χ2n) is 8.86.